The summed E-state index contributed by atoms with van der Waals surface area (Å²) in [7, 11) is 0. The van der Waals surface area contributed by atoms with Crippen molar-refractivity contribution in [1.29, 1.82) is 0 Å². The van der Waals surface area contributed by atoms with Gasteiger partial charge in [0.1, 0.15) is 11.7 Å². The first-order chi connectivity index (χ1) is 7.88. The van der Waals surface area contributed by atoms with E-state index < -0.39 is 0 Å². The summed E-state index contributed by atoms with van der Waals surface area (Å²) >= 11 is 0. The fourth-order valence-corrected chi connectivity index (χ4v) is 4.89. The van der Waals surface area contributed by atoms with Crippen molar-refractivity contribution in [3.63, 3.8) is 0 Å². The molecule has 2 heterocycles. The van der Waals surface area contributed by atoms with E-state index in [-0.39, 0.29) is 5.60 Å². The Bertz CT molecular complexity index is 377. The van der Waals surface area contributed by atoms with Crippen LogP contribution in [0.15, 0.2) is 0 Å². The molecule has 0 N–H and O–H groups in total. The lowest BCUT2D eigenvalue weighted by Crippen LogP contribution is -2.44. The highest BCUT2D eigenvalue weighted by atomic mass is 16.7. The Morgan fingerprint density at radius 2 is 1.82 bits per heavy atom. The van der Waals surface area contributed by atoms with Gasteiger partial charge in [-0.1, -0.05) is 27.2 Å². The van der Waals surface area contributed by atoms with Gasteiger partial charge in [-0.2, -0.15) is 0 Å². The third-order valence-electron chi connectivity index (χ3n) is 6.80. The first-order valence-corrected chi connectivity index (χ1v) is 7.22. The Morgan fingerprint density at radius 3 is 2.47 bits per heavy atom. The van der Waals surface area contributed by atoms with E-state index in [1.807, 2.05) is 0 Å². The van der Waals surface area contributed by atoms with E-state index in [0.717, 1.165) is 5.92 Å². The summed E-state index contributed by atoms with van der Waals surface area (Å²) in [6, 6.07) is 0. The molecule has 0 bridgehead atoms. The highest BCUT2D eigenvalue weighted by Gasteiger charge is 2.75. The molecule has 2 nitrogen and oxygen atoms in total. The van der Waals surface area contributed by atoms with Crippen molar-refractivity contribution in [2.24, 2.45) is 16.7 Å². The molecular formula is C15H24O2. The van der Waals surface area contributed by atoms with Crippen LogP contribution in [0.5, 0.6) is 0 Å². The van der Waals surface area contributed by atoms with Gasteiger partial charge in [0.25, 0.3) is 0 Å². The van der Waals surface area contributed by atoms with Gasteiger partial charge in [-0.25, -0.2) is 0 Å². The largest absolute Gasteiger partial charge is 0.366 e. The van der Waals surface area contributed by atoms with Crippen LogP contribution >= 0.6 is 0 Å². The molecule has 2 aliphatic heterocycles. The van der Waals surface area contributed by atoms with Crippen molar-refractivity contribution in [2.75, 3.05) is 0 Å². The van der Waals surface area contributed by atoms with Crippen LogP contribution in [0.25, 0.3) is 0 Å². The van der Waals surface area contributed by atoms with E-state index in [1.54, 1.807) is 0 Å². The van der Waals surface area contributed by atoms with Crippen molar-refractivity contribution in [3.8, 4) is 0 Å². The van der Waals surface area contributed by atoms with E-state index in [1.165, 1.54) is 25.7 Å². The number of ether oxygens (including phenoxy) is 2. The van der Waals surface area contributed by atoms with Gasteiger partial charge in [0.15, 0.2) is 0 Å². The smallest absolute Gasteiger partial charge is 0.121 e. The first-order valence-electron chi connectivity index (χ1n) is 7.22. The van der Waals surface area contributed by atoms with Gasteiger partial charge < -0.3 is 9.47 Å². The molecule has 4 aliphatic rings. The summed E-state index contributed by atoms with van der Waals surface area (Å²) in [6.45, 7) is 9.66. The molecule has 0 aromatic heterocycles. The van der Waals surface area contributed by atoms with Gasteiger partial charge in [-0.3, -0.25) is 0 Å². The van der Waals surface area contributed by atoms with Crippen LogP contribution in [0.4, 0.5) is 0 Å². The molecular weight excluding hydrogens is 212 g/mol. The quantitative estimate of drug-likeness (QED) is 0.653. The lowest BCUT2D eigenvalue weighted by atomic mass is 9.58. The van der Waals surface area contributed by atoms with Gasteiger partial charge >= 0.3 is 0 Å². The molecule has 2 heteroatoms. The minimum atomic E-state index is 0.0975. The molecule has 17 heavy (non-hydrogen) atoms. The van der Waals surface area contributed by atoms with Gasteiger partial charge in [-0.15, -0.1) is 0 Å². The number of hydrogen-bond acceptors (Lipinski definition) is 2. The maximum atomic E-state index is 5.99. The molecule has 4 fully saturated rings. The number of rotatable bonds is 1. The van der Waals surface area contributed by atoms with Gasteiger partial charge in [0, 0.05) is 0 Å². The molecule has 96 valence electrons. The zero-order valence-corrected chi connectivity index (χ0v) is 11.5. The Balaban J connectivity index is 1.64. The lowest BCUT2D eigenvalue weighted by Gasteiger charge is -2.45. The summed E-state index contributed by atoms with van der Waals surface area (Å²) < 4.78 is 11.9. The monoisotopic (exact) mass is 236 g/mol. The molecule has 0 aromatic rings. The molecule has 2 saturated heterocycles. The SMILES string of the molecule is CC12OC1CC(C1(C)CCCC1(C)C)C1OC12. The van der Waals surface area contributed by atoms with Gasteiger partial charge in [-0.05, 0) is 42.9 Å². The minimum Gasteiger partial charge on any atom is -0.366 e. The first kappa shape index (κ1) is 10.8. The Labute approximate surface area is 104 Å². The zero-order valence-electron chi connectivity index (χ0n) is 11.5. The third kappa shape index (κ3) is 1.14. The Hall–Kier alpha value is -0.0800. The second-order valence-corrected chi connectivity index (χ2v) is 7.81. The summed E-state index contributed by atoms with van der Waals surface area (Å²) in [4.78, 5) is 0. The van der Waals surface area contributed by atoms with Crippen LogP contribution in [0, 0.1) is 16.7 Å². The van der Waals surface area contributed by atoms with E-state index in [2.05, 4.69) is 27.7 Å². The molecule has 0 aromatic carbocycles. The topological polar surface area (TPSA) is 25.1 Å². The van der Waals surface area contributed by atoms with Crippen LogP contribution in [0.3, 0.4) is 0 Å². The Kier molecular flexibility index (Phi) is 1.75. The van der Waals surface area contributed by atoms with E-state index >= 15 is 0 Å². The van der Waals surface area contributed by atoms with Crippen LogP contribution in [-0.2, 0) is 9.47 Å². The molecule has 2 saturated carbocycles. The highest BCUT2D eigenvalue weighted by molar-refractivity contribution is 5.22. The summed E-state index contributed by atoms with van der Waals surface area (Å²) in [5, 5.41) is 0. The highest BCUT2D eigenvalue weighted by Crippen LogP contribution is 2.67. The van der Waals surface area contributed by atoms with Crippen molar-refractivity contribution < 1.29 is 9.47 Å². The Morgan fingerprint density at radius 1 is 1.06 bits per heavy atom. The average Bonchev–Trinajstić information content (AvgIpc) is 3.06. The van der Waals surface area contributed by atoms with Crippen LogP contribution in [-0.4, -0.2) is 23.9 Å². The fourth-order valence-electron chi connectivity index (χ4n) is 4.89. The zero-order chi connectivity index (χ0) is 12.1. The number of hydrogen-bond donors (Lipinski definition) is 0. The van der Waals surface area contributed by atoms with Gasteiger partial charge in [0.2, 0.25) is 0 Å². The number of epoxide rings is 2. The predicted octanol–water partition coefficient (Wildman–Crippen LogP) is 3.15. The molecule has 0 spiro atoms. The van der Waals surface area contributed by atoms with Crippen LogP contribution in [0.2, 0.25) is 0 Å². The maximum absolute atomic E-state index is 5.99. The summed E-state index contributed by atoms with van der Waals surface area (Å²) in [6.07, 6.45) is 6.78. The summed E-state index contributed by atoms with van der Waals surface area (Å²) in [5.74, 6) is 0.727. The molecule has 6 unspecified atom stereocenters. The predicted molar refractivity (Wildman–Crippen MR) is 65.8 cm³/mol. The van der Waals surface area contributed by atoms with Crippen molar-refractivity contribution >= 4 is 0 Å². The second-order valence-electron chi connectivity index (χ2n) is 7.81. The second kappa shape index (κ2) is 2.75. The fraction of sp³-hybridized carbons (Fsp3) is 1.00. The van der Waals surface area contributed by atoms with Crippen molar-refractivity contribution in [3.05, 3.63) is 0 Å². The van der Waals surface area contributed by atoms with E-state index in [4.69, 9.17) is 9.47 Å². The average molecular weight is 236 g/mol. The lowest BCUT2D eigenvalue weighted by molar-refractivity contribution is 0.0271. The van der Waals surface area contributed by atoms with Crippen LogP contribution in [0.1, 0.15) is 53.4 Å². The standard InChI is InChI=1S/C15H24O2/c1-13(2)6-5-7-14(13,3)9-8-10-15(4,17-10)12-11(9)16-12/h9-12H,5-8H2,1-4H3. The molecule has 2 aliphatic carbocycles. The maximum Gasteiger partial charge on any atom is 0.121 e. The number of fused-ring (bicyclic) bond motifs is 3. The normalized spacial score (nSPS) is 62.8. The molecule has 0 radical (unpaired) electrons. The minimum absolute atomic E-state index is 0.0975. The molecule has 6 atom stereocenters. The van der Waals surface area contributed by atoms with Crippen molar-refractivity contribution in [2.45, 2.75) is 77.3 Å². The molecule has 0 amide bonds. The van der Waals surface area contributed by atoms with Gasteiger partial charge in [0.05, 0.1) is 12.2 Å². The van der Waals surface area contributed by atoms with E-state index in [0.29, 0.717) is 29.1 Å². The van der Waals surface area contributed by atoms with E-state index in [9.17, 15) is 0 Å². The van der Waals surface area contributed by atoms with Crippen LogP contribution < -0.4 is 0 Å². The van der Waals surface area contributed by atoms with Crippen molar-refractivity contribution in [1.82, 2.24) is 0 Å². The summed E-state index contributed by atoms with van der Waals surface area (Å²) in [5.41, 5.74) is 1.02. The third-order valence-corrected chi connectivity index (χ3v) is 6.80. The molecule has 4 rings (SSSR count).